The number of amides is 3. The SMILES string of the molecule is CCNC(=O)[C@H]1O[C@@H](n2cnc3c(NC(=O)NCc4ccccc4)ncnc32)[C@@H]2OC(C)(C)O[C@@H]21. The first-order chi connectivity index (χ1) is 16.9. The summed E-state index contributed by atoms with van der Waals surface area (Å²) in [7, 11) is 0. The number of rotatable bonds is 6. The van der Waals surface area contributed by atoms with Crippen molar-refractivity contribution in [3.05, 3.63) is 48.5 Å². The van der Waals surface area contributed by atoms with Crippen LogP contribution in [0.5, 0.6) is 0 Å². The molecule has 12 heteroatoms. The number of ether oxygens (including phenoxy) is 3. The van der Waals surface area contributed by atoms with Crippen molar-refractivity contribution in [2.75, 3.05) is 11.9 Å². The van der Waals surface area contributed by atoms with Gasteiger partial charge in [-0.15, -0.1) is 0 Å². The highest BCUT2D eigenvalue weighted by Crippen LogP contribution is 2.43. The third kappa shape index (κ3) is 4.55. The van der Waals surface area contributed by atoms with Crippen molar-refractivity contribution in [2.45, 2.75) is 57.6 Å². The number of likely N-dealkylation sites (N-methyl/N-ethyl adjacent to an activating group) is 1. The summed E-state index contributed by atoms with van der Waals surface area (Å²) in [6, 6.07) is 9.14. The maximum atomic E-state index is 12.6. The van der Waals surface area contributed by atoms with Crippen LogP contribution in [-0.4, -0.2) is 62.1 Å². The Kier molecular flexibility index (Phi) is 6.09. The maximum absolute atomic E-state index is 12.6. The maximum Gasteiger partial charge on any atom is 0.320 e. The molecule has 3 amide bonds. The first-order valence-electron chi connectivity index (χ1n) is 11.4. The highest BCUT2D eigenvalue weighted by Gasteiger charge is 2.58. The predicted octanol–water partition coefficient (Wildman–Crippen LogP) is 1.70. The molecule has 3 N–H and O–H groups in total. The fraction of sp³-hybridized carbons (Fsp3) is 0.435. The Morgan fingerprint density at radius 1 is 1.06 bits per heavy atom. The smallest absolute Gasteiger partial charge is 0.320 e. The summed E-state index contributed by atoms with van der Waals surface area (Å²) in [4.78, 5) is 38.0. The van der Waals surface area contributed by atoms with Gasteiger partial charge in [0.2, 0.25) is 0 Å². The average molecular weight is 482 g/mol. The highest BCUT2D eigenvalue weighted by molar-refractivity contribution is 5.95. The Hall–Kier alpha value is -3.61. The number of benzene rings is 1. The van der Waals surface area contributed by atoms with Crippen LogP contribution in [0.1, 0.15) is 32.6 Å². The number of fused-ring (bicyclic) bond motifs is 2. The zero-order chi connectivity index (χ0) is 24.6. The predicted molar refractivity (Wildman–Crippen MR) is 124 cm³/mol. The number of urea groups is 1. The second kappa shape index (κ2) is 9.21. The molecule has 0 saturated carbocycles. The van der Waals surface area contributed by atoms with Crippen molar-refractivity contribution < 1.29 is 23.8 Å². The van der Waals surface area contributed by atoms with Crippen molar-refractivity contribution >= 4 is 28.9 Å². The van der Waals surface area contributed by atoms with E-state index in [4.69, 9.17) is 14.2 Å². The molecule has 35 heavy (non-hydrogen) atoms. The number of hydrogen-bond donors (Lipinski definition) is 3. The van der Waals surface area contributed by atoms with E-state index in [9.17, 15) is 9.59 Å². The highest BCUT2D eigenvalue weighted by atomic mass is 16.8. The van der Waals surface area contributed by atoms with E-state index < -0.39 is 36.4 Å². The molecule has 2 aromatic heterocycles. The van der Waals surface area contributed by atoms with E-state index in [0.29, 0.717) is 24.3 Å². The average Bonchev–Trinajstić information content (AvgIpc) is 3.49. The lowest BCUT2D eigenvalue weighted by atomic mass is 10.1. The Labute approximate surface area is 201 Å². The lowest BCUT2D eigenvalue weighted by Crippen LogP contribution is -2.42. The molecule has 0 radical (unpaired) electrons. The van der Waals surface area contributed by atoms with Crippen LogP contribution in [0.15, 0.2) is 43.0 Å². The number of aromatic nitrogens is 4. The zero-order valence-electron chi connectivity index (χ0n) is 19.6. The monoisotopic (exact) mass is 481 g/mol. The molecular formula is C23H27N7O5. The van der Waals surface area contributed by atoms with Gasteiger partial charge in [-0.3, -0.25) is 14.7 Å². The van der Waals surface area contributed by atoms with E-state index in [1.807, 2.05) is 37.3 Å². The van der Waals surface area contributed by atoms with Gasteiger partial charge in [0, 0.05) is 13.1 Å². The molecule has 2 fully saturated rings. The van der Waals surface area contributed by atoms with Gasteiger partial charge in [-0.25, -0.2) is 19.7 Å². The van der Waals surface area contributed by atoms with E-state index in [-0.39, 0.29) is 11.7 Å². The van der Waals surface area contributed by atoms with E-state index in [0.717, 1.165) is 5.56 Å². The first kappa shape index (κ1) is 23.1. The van der Waals surface area contributed by atoms with Gasteiger partial charge < -0.3 is 24.8 Å². The lowest BCUT2D eigenvalue weighted by Gasteiger charge is -2.24. The molecule has 0 unspecified atom stereocenters. The minimum absolute atomic E-state index is 0.248. The normalized spacial score (nSPS) is 24.8. The molecule has 2 aliphatic rings. The number of hydrogen-bond acceptors (Lipinski definition) is 8. The minimum atomic E-state index is -0.878. The second-order valence-electron chi connectivity index (χ2n) is 8.75. The number of nitrogens with one attached hydrogen (secondary N) is 3. The zero-order valence-corrected chi connectivity index (χ0v) is 19.6. The summed E-state index contributed by atoms with van der Waals surface area (Å²) in [5.41, 5.74) is 1.77. The van der Waals surface area contributed by atoms with Crippen molar-refractivity contribution in [1.29, 1.82) is 0 Å². The summed E-state index contributed by atoms with van der Waals surface area (Å²) in [6.45, 7) is 6.25. The lowest BCUT2D eigenvalue weighted by molar-refractivity contribution is -0.197. The molecule has 0 bridgehead atoms. The van der Waals surface area contributed by atoms with Gasteiger partial charge in [0.15, 0.2) is 35.1 Å². The molecule has 2 saturated heterocycles. The van der Waals surface area contributed by atoms with Gasteiger partial charge in [0.1, 0.15) is 18.5 Å². The molecule has 4 heterocycles. The Balaban J connectivity index is 1.37. The Morgan fingerprint density at radius 2 is 1.83 bits per heavy atom. The number of imidazole rings is 1. The number of carbonyl (C=O) groups excluding carboxylic acids is 2. The minimum Gasteiger partial charge on any atom is -0.354 e. The molecular weight excluding hydrogens is 454 g/mol. The standard InChI is InChI=1S/C23H27N7O5/c1-4-24-20(31)16-15-17(35-23(2,3)34-15)21(33-16)30-12-28-14-18(26-11-27-19(14)30)29-22(32)25-10-13-8-6-5-7-9-13/h5-9,11-12,15-17,21H,4,10H2,1-3H3,(H,24,31)(H2,25,26,27,29,32)/t15-,16+,17-,21-/m1/s1. The molecule has 12 nitrogen and oxygen atoms in total. The summed E-state index contributed by atoms with van der Waals surface area (Å²) in [5, 5.41) is 8.30. The van der Waals surface area contributed by atoms with Crippen LogP contribution >= 0.6 is 0 Å². The van der Waals surface area contributed by atoms with E-state index in [1.54, 1.807) is 18.4 Å². The van der Waals surface area contributed by atoms with E-state index in [2.05, 4.69) is 30.9 Å². The fourth-order valence-corrected chi connectivity index (χ4v) is 4.35. The van der Waals surface area contributed by atoms with Crippen molar-refractivity contribution in [3.8, 4) is 0 Å². The molecule has 4 atom stereocenters. The van der Waals surface area contributed by atoms with Crippen LogP contribution in [0.25, 0.3) is 11.2 Å². The van der Waals surface area contributed by atoms with Crippen molar-refractivity contribution in [2.24, 2.45) is 0 Å². The van der Waals surface area contributed by atoms with Crippen LogP contribution in [0, 0.1) is 0 Å². The van der Waals surface area contributed by atoms with Gasteiger partial charge in [0.25, 0.3) is 5.91 Å². The molecule has 3 aromatic rings. The number of anilines is 1. The fourth-order valence-electron chi connectivity index (χ4n) is 4.35. The Bertz CT molecular complexity index is 1230. The third-order valence-corrected chi connectivity index (χ3v) is 5.80. The number of carbonyl (C=O) groups is 2. The second-order valence-corrected chi connectivity index (χ2v) is 8.75. The quantitative estimate of drug-likeness (QED) is 0.483. The molecule has 0 spiro atoms. The Morgan fingerprint density at radius 3 is 2.60 bits per heavy atom. The van der Waals surface area contributed by atoms with Crippen molar-refractivity contribution in [1.82, 2.24) is 30.2 Å². The van der Waals surface area contributed by atoms with Crippen LogP contribution < -0.4 is 16.0 Å². The van der Waals surface area contributed by atoms with Gasteiger partial charge >= 0.3 is 6.03 Å². The van der Waals surface area contributed by atoms with E-state index >= 15 is 0 Å². The van der Waals surface area contributed by atoms with Crippen LogP contribution in [0.3, 0.4) is 0 Å². The van der Waals surface area contributed by atoms with Gasteiger partial charge in [-0.2, -0.15) is 0 Å². The summed E-state index contributed by atoms with van der Waals surface area (Å²) in [5.74, 6) is -0.905. The van der Waals surface area contributed by atoms with Gasteiger partial charge in [-0.05, 0) is 26.3 Å². The van der Waals surface area contributed by atoms with Crippen LogP contribution in [-0.2, 0) is 25.5 Å². The number of nitrogens with zero attached hydrogens (tertiary/aromatic N) is 4. The van der Waals surface area contributed by atoms with Crippen molar-refractivity contribution in [3.63, 3.8) is 0 Å². The van der Waals surface area contributed by atoms with Crippen LogP contribution in [0.4, 0.5) is 10.6 Å². The topological polar surface area (TPSA) is 142 Å². The first-order valence-corrected chi connectivity index (χ1v) is 11.4. The van der Waals surface area contributed by atoms with Crippen LogP contribution in [0.2, 0.25) is 0 Å². The summed E-state index contributed by atoms with van der Waals surface area (Å²) >= 11 is 0. The largest absolute Gasteiger partial charge is 0.354 e. The van der Waals surface area contributed by atoms with E-state index in [1.165, 1.54) is 12.7 Å². The molecule has 0 aliphatic carbocycles. The van der Waals surface area contributed by atoms with Gasteiger partial charge in [-0.1, -0.05) is 30.3 Å². The molecule has 5 rings (SSSR count). The third-order valence-electron chi connectivity index (χ3n) is 5.80. The molecule has 184 valence electrons. The summed E-state index contributed by atoms with van der Waals surface area (Å²) < 4.78 is 19.8. The molecule has 1 aromatic carbocycles. The molecule has 2 aliphatic heterocycles. The summed E-state index contributed by atoms with van der Waals surface area (Å²) in [6.07, 6.45) is 0.138. The van der Waals surface area contributed by atoms with Gasteiger partial charge in [0.05, 0.1) is 6.33 Å².